The lowest BCUT2D eigenvalue weighted by Gasteiger charge is -2.17. The van der Waals surface area contributed by atoms with Crippen LogP contribution in [0.15, 0.2) is 0 Å². The summed E-state index contributed by atoms with van der Waals surface area (Å²) in [5.41, 5.74) is 5.25. The van der Waals surface area contributed by atoms with Gasteiger partial charge in [-0.15, -0.1) is 0 Å². The second-order valence-corrected chi connectivity index (χ2v) is 4.49. The molecule has 0 radical (unpaired) electrons. The molecular formula is C9H20N2O2S. The van der Waals surface area contributed by atoms with Crippen LogP contribution in [0.3, 0.4) is 0 Å². The number of amides is 1. The van der Waals surface area contributed by atoms with Crippen molar-refractivity contribution < 1.29 is 9.53 Å². The average Bonchev–Trinajstić information content (AvgIpc) is 2.09. The average molecular weight is 220 g/mol. The Hall–Kier alpha value is -0.260. The standard InChI is InChI=1S/C9H20N2O2S/c1-7(2)11-8(9(10)12)6-14-5-4-13-3/h7-8,11H,4-6H2,1-3H3,(H2,10,12). The lowest BCUT2D eigenvalue weighted by atomic mass is 10.3. The molecule has 1 amide bonds. The van der Waals surface area contributed by atoms with Crippen molar-refractivity contribution in [3.05, 3.63) is 0 Å². The Morgan fingerprint density at radius 2 is 2.21 bits per heavy atom. The van der Waals surface area contributed by atoms with Gasteiger partial charge in [-0.3, -0.25) is 4.79 Å². The summed E-state index contributed by atoms with van der Waals surface area (Å²) in [6.45, 7) is 4.70. The summed E-state index contributed by atoms with van der Waals surface area (Å²) in [6.07, 6.45) is 0. The van der Waals surface area contributed by atoms with Gasteiger partial charge in [-0.2, -0.15) is 11.8 Å². The molecule has 0 aromatic heterocycles. The quantitative estimate of drug-likeness (QED) is 0.574. The first-order chi connectivity index (χ1) is 6.57. The number of methoxy groups -OCH3 is 1. The zero-order valence-electron chi connectivity index (χ0n) is 9.08. The molecule has 0 aliphatic carbocycles. The maximum absolute atomic E-state index is 11.0. The van der Waals surface area contributed by atoms with Crippen molar-refractivity contribution in [1.82, 2.24) is 5.32 Å². The van der Waals surface area contributed by atoms with Crippen LogP contribution in [0, 0.1) is 0 Å². The summed E-state index contributed by atoms with van der Waals surface area (Å²) >= 11 is 1.67. The van der Waals surface area contributed by atoms with E-state index in [4.69, 9.17) is 10.5 Å². The Morgan fingerprint density at radius 1 is 1.57 bits per heavy atom. The van der Waals surface area contributed by atoms with Crippen LogP contribution < -0.4 is 11.1 Å². The van der Waals surface area contributed by atoms with Crippen molar-refractivity contribution in [2.45, 2.75) is 25.9 Å². The van der Waals surface area contributed by atoms with Crippen molar-refractivity contribution in [2.75, 3.05) is 25.2 Å². The number of rotatable bonds is 8. The highest BCUT2D eigenvalue weighted by atomic mass is 32.2. The third kappa shape index (κ3) is 7.17. The Bertz CT molecular complexity index is 165. The molecule has 0 aliphatic rings. The smallest absolute Gasteiger partial charge is 0.235 e. The van der Waals surface area contributed by atoms with Crippen LogP contribution in [0.4, 0.5) is 0 Å². The molecule has 84 valence electrons. The first-order valence-electron chi connectivity index (χ1n) is 4.70. The minimum atomic E-state index is -0.288. The van der Waals surface area contributed by atoms with E-state index in [-0.39, 0.29) is 18.0 Å². The number of carbonyl (C=O) groups is 1. The van der Waals surface area contributed by atoms with Crippen LogP contribution in [0.5, 0.6) is 0 Å². The van der Waals surface area contributed by atoms with Crippen molar-refractivity contribution in [2.24, 2.45) is 5.73 Å². The second-order valence-electron chi connectivity index (χ2n) is 3.34. The minimum Gasteiger partial charge on any atom is -0.384 e. The predicted octanol–water partition coefficient (Wildman–Crippen LogP) is 0.218. The number of nitrogens with one attached hydrogen (secondary N) is 1. The molecule has 0 aliphatic heterocycles. The predicted molar refractivity (Wildman–Crippen MR) is 60.5 cm³/mol. The maximum atomic E-state index is 11.0. The van der Waals surface area contributed by atoms with Gasteiger partial charge in [-0.25, -0.2) is 0 Å². The Balaban J connectivity index is 3.68. The largest absolute Gasteiger partial charge is 0.384 e. The third-order valence-electron chi connectivity index (χ3n) is 1.59. The SMILES string of the molecule is COCCSCC(NC(C)C)C(N)=O. The van der Waals surface area contributed by atoms with Gasteiger partial charge in [0.15, 0.2) is 0 Å². The first-order valence-corrected chi connectivity index (χ1v) is 5.85. The molecule has 1 unspecified atom stereocenters. The number of hydrogen-bond donors (Lipinski definition) is 2. The molecule has 0 aromatic carbocycles. The van der Waals surface area contributed by atoms with E-state index in [0.29, 0.717) is 12.4 Å². The van der Waals surface area contributed by atoms with E-state index >= 15 is 0 Å². The molecule has 4 nitrogen and oxygen atoms in total. The van der Waals surface area contributed by atoms with Crippen LogP contribution in [0.2, 0.25) is 0 Å². The second kappa shape index (κ2) is 8.08. The Morgan fingerprint density at radius 3 is 2.64 bits per heavy atom. The fourth-order valence-electron chi connectivity index (χ4n) is 0.958. The molecule has 0 aromatic rings. The van der Waals surface area contributed by atoms with Crippen molar-refractivity contribution in [1.29, 1.82) is 0 Å². The van der Waals surface area contributed by atoms with Gasteiger partial charge < -0.3 is 15.8 Å². The Kier molecular flexibility index (Phi) is 7.93. The topological polar surface area (TPSA) is 64.3 Å². The number of primary amides is 1. The van der Waals surface area contributed by atoms with Crippen LogP contribution in [0.25, 0.3) is 0 Å². The van der Waals surface area contributed by atoms with Gasteiger partial charge in [0.25, 0.3) is 0 Å². The summed E-state index contributed by atoms with van der Waals surface area (Å²) in [5.74, 6) is 1.31. The van der Waals surface area contributed by atoms with Crippen molar-refractivity contribution in [3.63, 3.8) is 0 Å². The van der Waals surface area contributed by atoms with Gasteiger partial charge in [0.1, 0.15) is 0 Å². The molecule has 0 fully saturated rings. The molecule has 5 heteroatoms. The van der Waals surface area contributed by atoms with Crippen LogP contribution in [-0.2, 0) is 9.53 Å². The van der Waals surface area contributed by atoms with E-state index in [2.05, 4.69) is 5.32 Å². The third-order valence-corrected chi connectivity index (χ3v) is 2.62. The number of ether oxygens (including phenoxy) is 1. The van der Waals surface area contributed by atoms with Gasteiger partial charge >= 0.3 is 0 Å². The van der Waals surface area contributed by atoms with Crippen molar-refractivity contribution in [3.8, 4) is 0 Å². The van der Waals surface area contributed by atoms with Gasteiger partial charge in [-0.05, 0) is 0 Å². The number of hydrogen-bond acceptors (Lipinski definition) is 4. The monoisotopic (exact) mass is 220 g/mol. The molecule has 1 atom stereocenters. The van der Waals surface area contributed by atoms with E-state index in [1.807, 2.05) is 13.8 Å². The van der Waals surface area contributed by atoms with E-state index in [1.54, 1.807) is 18.9 Å². The molecule has 14 heavy (non-hydrogen) atoms. The van der Waals surface area contributed by atoms with E-state index in [1.165, 1.54) is 0 Å². The highest BCUT2D eigenvalue weighted by molar-refractivity contribution is 7.99. The fraction of sp³-hybridized carbons (Fsp3) is 0.889. The van der Waals surface area contributed by atoms with Gasteiger partial charge in [0.05, 0.1) is 12.6 Å². The normalized spacial score (nSPS) is 13.1. The highest BCUT2D eigenvalue weighted by Crippen LogP contribution is 2.03. The molecule has 0 heterocycles. The first kappa shape index (κ1) is 13.7. The maximum Gasteiger partial charge on any atom is 0.235 e. The molecule has 3 N–H and O–H groups in total. The summed E-state index contributed by atoms with van der Waals surface area (Å²) in [4.78, 5) is 11.0. The summed E-state index contributed by atoms with van der Waals surface area (Å²) in [6, 6.07) is 0.0346. The summed E-state index contributed by atoms with van der Waals surface area (Å²) in [7, 11) is 1.67. The zero-order chi connectivity index (χ0) is 11.0. The molecular weight excluding hydrogens is 200 g/mol. The fourth-order valence-corrected chi connectivity index (χ4v) is 1.91. The van der Waals surface area contributed by atoms with E-state index < -0.39 is 0 Å². The van der Waals surface area contributed by atoms with Gasteiger partial charge in [0, 0.05) is 24.7 Å². The Labute approximate surface area is 89.9 Å². The minimum absolute atomic E-state index is 0.239. The summed E-state index contributed by atoms with van der Waals surface area (Å²) in [5, 5.41) is 3.12. The van der Waals surface area contributed by atoms with E-state index in [0.717, 1.165) is 5.75 Å². The van der Waals surface area contributed by atoms with Crippen LogP contribution >= 0.6 is 11.8 Å². The molecule has 0 bridgehead atoms. The van der Waals surface area contributed by atoms with Crippen LogP contribution in [0.1, 0.15) is 13.8 Å². The van der Waals surface area contributed by atoms with Gasteiger partial charge in [-0.1, -0.05) is 13.8 Å². The summed E-state index contributed by atoms with van der Waals surface area (Å²) < 4.78 is 4.91. The molecule has 0 saturated heterocycles. The number of thioether (sulfide) groups is 1. The van der Waals surface area contributed by atoms with E-state index in [9.17, 15) is 4.79 Å². The molecule has 0 saturated carbocycles. The zero-order valence-corrected chi connectivity index (χ0v) is 9.89. The highest BCUT2D eigenvalue weighted by Gasteiger charge is 2.15. The van der Waals surface area contributed by atoms with Crippen molar-refractivity contribution >= 4 is 17.7 Å². The number of nitrogens with two attached hydrogens (primary N) is 1. The molecule has 0 rings (SSSR count). The number of carbonyl (C=O) groups excluding carboxylic acids is 1. The van der Waals surface area contributed by atoms with Gasteiger partial charge in [0.2, 0.25) is 5.91 Å². The lowest BCUT2D eigenvalue weighted by molar-refractivity contribution is -0.119. The molecule has 0 spiro atoms. The van der Waals surface area contributed by atoms with Crippen LogP contribution in [-0.4, -0.2) is 43.2 Å². The lowest BCUT2D eigenvalue weighted by Crippen LogP contribution is -2.46.